The summed E-state index contributed by atoms with van der Waals surface area (Å²) in [6.07, 6.45) is -0.340. The minimum atomic E-state index is -0.831. The molecule has 1 heterocycles. The van der Waals surface area contributed by atoms with Crippen molar-refractivity contribution >= 4 is 23.3 Å². The van der Waals surface area contributed by atoms with Gasteiger partial charge >= 0.3 is 5.97 Å². The van der Waals surface area contributed by atoms with Crippen molar-refractivity contribution in [3.8, 4) is 0 Å². The minimum absolute atomic E-state index is 0.100. The second-order valence-electron chi connectivity index (χ2n) is 6.76. The van der Waals surface area contributed by atoms with Crippen LogP contribution in [0.4, 0.5) is 5.69 Å². The molecule has 0 saturated carbocycles. The molecule has 1 aliphatic heterocycles. The Hall–Kier alpha value is -2.95. The Morgan fingerprint density at radius 3 is 2.44 bits per heavy atom. The number of carbonyl (C=O) groups is 3. The quantitative estimate of drug-likeness (QED) is 0.580. The number of aryl methyl sites for hydroxylation is 1. The summed E-state index contributed by atoms with van der Waals surface area (Å²) in [5.41, 5.74) is 2.30. The summed E-state index contributed by atoms with van der Waals surface area (Å²) >= 11 is 0. The first-order valence-electron chi connectivity index (χ1n) is 9.17. The highest BCUT2D eigenvalue weighted by molar-refractivity contribution is 6.02. The number of rotatable bonds is 6. The van der Waals surface area contributed by atoms with E-state index >= 15 is 0 Å². The van der Waals surface area contributed by atoms with Gasteiger partial charge in [0.05, 0.1) is 5.92 Å². The Bertz CT molecular complexity index is 846. The number of nitrogens with zero attached hydrogens (tertiary/aromatic N) is 1. The van der Waals surface area contributed by atoms with Gasteiger partial charge in [-0.1, -0.05) is 55.5 Å². The number of para-hydroxylation sites is 1. The van der Waals surface area contributed by atoms with Crippen LogP contribution in [0.25, 0.3) is 0 Å². The first kappa shape index (κ1) is 18.8. The highest BCUT2D eigenvalue weighted by Gasteiger charge is 2.38. The third-order valence-corrected chi connectivity index (χ3v) is 4.84. The number of hydrogen-bond acceptors (Lipinski definition) is 4. The van der Waals surface area contributed by atoms with Crippen molar-refractivity contribution in [3.05, 3.63) is 65.7 Å². The lowest BCUT2D eigenvalue weighted by Crippen LogP contribution is -2.32. The first-order valence-corrected chi connectivity index (χ1v) is 9.17. The largest absolute Gasteiger partial charge is 0.454 e. The van der Waals surface area contributed by atoms with Crippen LogP contribution in [-0.4, -0.2) is 30.3 Å². The van der Waals surface area contributed by atoms with Crippen molar-refractivity contribution in [2.45, 2.75) is 32.8 Å². The van der Waals surface area contributed by atoms with Crippen molar-refractivity contribution in [2.75, 3.05) is 11.4 Å². The maximum atomic E-state index is 12.6. The second kappa shape index (κ2) is 8.16. The third-order valence-electron chi connectivity index (χ3n) is 4.84. The molecule has 3 rings (SSSR count). The summed E-state index contributed by atoms with van der Waals surface area (Å²) in [7, 11) is 0. The molecule has 1 fully saturated rings. The van der Waals surface area contributed by atoms with Crippen molar-refractivity contribution < 1.29 is 19.1 Å². The summed E-state index contributed by atoms with van der Waals surface area (Å²) in [5, 5.41) is 0. The lowest BCUT2D eigenvalue weighted by atomic mass is 10.0. The van der Waals surface area contributed by atoms with Crippen LogP contribution in [0.3, 0.4) is 0 Å². The van der Waals surface area contributed by atoms with Crippen LogP contribution in [0.15, 0.2) is 54.6 Å². The number of ether oxygens (including phenoxy) is 1. The molecule has 0 aromatic heterocycles. The summed E-state index contributed by atoms with van der Waals surface area (Å²) in [4.78, 5) is 39.2. The molecule has 0 N–H and O–H groups in total. The van der Waals surface area contributed by atoms with Crippen LogP contribution in [-0.2, 0) is 14.3 Å². The van der Waals surface area contributed by atoms with Crippen LogP contribution < -0.4 is 4.90 Å². The molecule has 2 aromatic rings. The molecule has 0 spiro atoms. The fraction of sp³-hybridized carbons (Fsp3) is 0.318. The van der Waals surface area contributed by atoms with Gasteiger partial charge in [0, 0.05) is 24.2 Å². The molecule has 1 amide bonds. The summed E-state index contributed by atoms with van der Waals surface area (Å²) in [6.45, 7) is 4.01. The highest BCUT2D eigenvalue weighted by atomic mass is 16.5. The normalized spacial score (nSPS) is 17.6. The smallest absolute Gasteiger partial charge is 0.312 e. The summed E-state index contributed by atoms with van der Waals surface area (Å²) in [6, 6.07) is 16.4. The Morgan fingerprint density at radius 2 is 1.78 bits per heavy atom. The van der Waals surface area contributed by atoms with Gasteiger partial charge in [-0.05, 0) is 25.0 Å². The van der Waals surface area contributed by atoms with E-state index in [0.717, 1.165) is 11.3 Å². The standard InChI is InChI=1S/C22H23NO4/c1-3-19(21(25)16-10-5-4-6-11-16)27-22(26)17-13-20(24)23(14-17)18-12-8-7-9-15(18)2/h4-12,17,19H,3,13-14H2,1-2H3/t17-,19-/m1/s1. The molecule has 27 heavy (non-hydrogen) atoms. The van der Waals surface area contributed by atoms with E-state index < -0.39 is 18.0 Å². The topological polar surface area (TPSA) is 63.7 Å². The molecule has 5 heteroatoms. The van der Waals surface area contributed by atoms with E-state index in [1.165, 1.54) is 0 Å². The average Bonchev–Trinajstić information content (AvgIpc) is 3.08. The molecular weight excluding hydrogens is 342 g/mol. The lowest BCUT2D eigenvalue weighted by molar-refractivity contribution is -0.151. The Morgan fingerprint density at radius 1 is 1.11 bits per heavy atom. The van der Waals surface area contributed by atoms with Crippen LogP contribution >= 0.6 is 0 Å². The second-order valence-corrected chi connectivity index (χ2v) is 6.76. The van der Waals surface area contributed by atoms with Gasteiger partial charge in [-0.3, -0.25) is 14.4 Å². The van der Waals surface area contributed by atoms with Crippen LogP contribution in [0, 0.1) is 12.8 Å². The fourth-order valence-electron chi connectivity index (χ4n) is 3.31. The van der Waals surface area contributed by atoms with Gasteiger partial charge in [0.15, 0.2) is 6.10 Å². The predicted molar refractivity (Wildman–Crippen MR) is 103 cm³/mol. The molecule has 1 saturated heterocycles. The maximum absolute atomic E-state index is 12.6. The van der Waals surface area contributed by atoms with Crippen LogP contribution in [0.1, 0.15) is 35.7 Å². The Balaban J connectivity index is 1.68. The van der Waals surface area contributed by atoms with Crippen LogP contribution in [0.2, 0.25) is 0 Å². The van der Waals surface area contributed by atoms with E-state index in [2.05, 4.69) is 0 Å². The molecular formula is C22H23NO4. The van der Waals surface area contributed by atoms with Gasteiger partial charge in [-0.25, -0.2) is 0 Å². The minimum Gasteiger partial charge on any atom is -0.454 e. The van der Waals surface area contributed by atoms with E-state index in [1.54, 1.807) is 36.1 Å². The van der Waals surface area contributed by atoms with E-state index in [-0.39, 0.29) is 24.7 Å². The molecule has 0 radical (unpaired) electrons. The van der Waals surface area contributed by atoms with Gasteiger partial charge in [0.2, 0.25) is 11.7 Å². The zero-order valence-corrected chi connectivity index (χ0v) is 15.6. The van der Waals surface area contributed by atoms with Gasteiger partial charge in [0.1, 0.15) is 0 Å². The molecule has 140 valence electrons. The first-order chi connectivity index (χ1) is 13.0. The molecule has 0 unspecified atom stereocenters. The van der Waals surface area contributed by atoms with E-state index in [1.807, 2.05) is 37.3 Å². The number of hydrogen-bond donors (Lipinski definition) is 0. The van der Waals surface area contributed by atoms with Crippen molar-refractivity contribution in [2.24, 2.45) is 5.92 Å². The molecule has 0 bridgehead atoms. The lowest BCUT2D eigenvalue weighted by Gasteiger charge is -2.20. The maximum Gasteiger partial charge on any atom is 0.312 e. The number of anilines is 1. The monoisotopic (exact) mass is 365 g/mol. The van der Waals surface area contributed by atoms with Crippen molar-refractivity contribution in [1.82, 2.24) is 0 Å². The van der Waals surface area contributed by atoms with Gasteiger partial charge in [-0.15, -0.1) is 0 Å². The Labute approximate surface area is 158 Å². The zero-order valence-electron chi connectivity index (χ0n) is 15.6. The fourth-order valence-corrected chi connectivity index (χ4v) is 3.31. The number of esters is 1. The van der Waals surface area contributed by atoms with Gasteiger partial charge < -0.3 is 9.64 Å². The number of amides is 1. The number of carbonyl (C=O) groups excluding carboxylic acids is 3. The van der Waals surface area contributed by atoms with E-state index in [9.17, 15) is 14.4 Å². The Kier molecular flexibility index (Phi) is 5.69. The molecule has 2 atom stereocenters. The molecule has 2 aromatic carbocycles. The van der Waals surface area contributed by atoms with E-state index in [4.69, 9.17) is 4.74 Å². The number of Topliss-reactive ketones (excluding diaryl/α,β-unsaturated/α-hetero) is 1. The predicted octanol–water partition coefficient (Wildman–Crippen LogP) is 3.55. The zero-order chi connectivity index (χ0) is 19.4. The SMILES string of the molecule is CC[C@@H](OC(=O)[C@@H]1CC(=O)N(c2ccccc2C)C1)C(=O)c1ccccc1. The average molecular weight is 365 g/mol. The van der Waals surface area contributed by atoms with Gasteiger partial charge in [0.25, 0.3) is 0 Å². The summed E-state index contributed by atoms with van der Waals surface area (Å²) in [5.74, 6) is -1.37. The third kappa shape index (κ3) is 4.08. The molecule has 5 nitrogen and oxygen atoms in total. The molecule has 1 aliphatic rings. The number of ketones is 1. The summed E-state index contributed by atoms with van der Waals surface area (Å²) < 4.78 is 5.50. The van der Waals surface area contributed by atoms with Crippen molar-refractivity contribution in [3.63, 3.8) is 0 Å². The molecule has 0 aliphatic carbocycles. The number of benzene rings is 2. The highest BCUT2D eigenvalue weighted by Crippen LogP contribution is 2.28. The van der Waals surface area contributed by atoms with Crippen LogP contribution in [0.5, 0.6) is 0 Å². The van der Waals surface area contributed by atoms with Crippen molar-refractivity contribution in [1.29, 1.82) is 0 Å². The van der Waals surface area contributed by atoms with E-state index in [0.29, 0.717) is 12.0 Å². The van der Waals surface area contributed by atoms with Gasteiger partial charge in [-0.2, -0.15) is 0 Å².